The fourth-order valence-corrected chi connectivity index (χ4v) is 1.63. The lowest BCUT2D eigenvalue weighted by Crippen LogP contribution is -2.15. The summed E-state index contributed by atoms with van der Waals surface area (Å²) in [6.45, 7) is 10.2. The molecule has 0 aromatic carbocycles. The Morgan fingerprint density at radius 1 is 1.33 bits per heavy atom. The molecule has 0 unspecified atom stereocenters. The highest BCUT2D eigenvalue weighted by atomic mass is 19.1. The summed E-state index contributed by atoms with van der Waals surface area (Å²) in [5.74, 6) is 0. The Morgan fingerprint density at radius 3 is 2.33 bits per heavy atom. The summed E-state index contributed by atoms with van der Waals surface area (Å²) >= 11 is 0. The summed E-state index contributed by atoms with van der Waals surface area (Å²) in [7, 11) is 0. The van der Waals surface area contributed by atoms with Crippen LogP contribution < -0.4 is 0 Å². The third-order valence-corrected chi connectivity index (χ3v) is 2.92. The molecule has 0 amide bonds. The van der Waals surface area contributed by atoms with E-state index in [4.69, 9.17) is 0 Å². The van der Waals surface area contributed by atoms with Crippen LogP contribution in [0.3, 0.4) is 0 Å². The Bertz CT molecular complexity index is 267. The summed E-state index contributed by atoms with van der Waals surface area (Å²) in [6.07, 6.45) is 8.77. The fraction of sp³-hybridized carbons (Fsp3) is 0.571. The third kappa shape index (κ3) is 4.03. The molecule has 15 heavy (non-hydrogen) atoms. The molecule has 0 fully saturated rings. The lowest BCUT2D eigenvalue weighted by Gasteiger charge is -2.28. The van der Waals surface area contributed by atoms with E-state index < -0.39 is 6.67 Å². The van der Waals surface area contributed by atoms with Gasteiger partial charge >= 0.3 is 0 Å². The first-order valence-electron chi connectivity index (χ1n) is 5.57. The van der Waals surface area contributed by atoms with Gasteiger partial charge in [-0.05, 0) is 25.8 Å². The van der Waals surface area contributed by atoms with Gasteiger partial charge in [-0.3, -0.25) is 0 Å². The highest BCUT2D eigenvalue weighted by Gasteiger charge is 2.22. The minimum absolute atomic E-state index is 0.00354. The second-order valence-electron chi connectivity index (χ2n) is 4.22. The molecule has 1 heteroatoms. The van der Waals surface area contributed by atoms with Gasteiger partial charge in [0.15, 0.2) is 0 Å². The maximum absolute atomic E-state index is 12.1. The van der Waals surface area contributed by atoms with Crippen LogP contribution >= 0.6 is 0 Å². The van der Waals surface area contributed by atoms with E-state index in [2.05, 4.69) is 39.8 Å². The van der Waals surface area contributed by atoms with Gasteiger partial charge in [0, 0.05) is 5.41 Å². The number of rotatable bonds is 5. The molecule has 0 bridgehead atoms. The lowest BCUT2D eigenvalue weighted by atomic mass is 9.77. The molecule has 0 heterocycles. The van der Waals surface area contributed by atoms with Crippen molar-refractivity contribution in [2.45, 2.75) is 41.0 Å². The lowest BCUT2D eigenvalue weighted by molar-refractivity contribution is 0.542. The summed E-state index contributed by atoms with van der Waals surface area (Å²) in [5, 5.41) is 0. The summed E-state index contributed by atoms with van der Waals surface area (Å²) in [4.78, 5) is 0. The zero-order valence-electron chi connectivity index (χ0n) is 10.6. The molecule has 0 aliphatic rings. The second-order valence-corrected chi connectivity index (χ2v) is 4.22. The van der Waals surface area contributed by atoms with Crippen molar-refractivity contribution in [3.63, 3.8) is 0 Å². The largest absolute Gasteiger partial charge is 0.247 e. The minimum Gasteiger partial charge on any atom is -0.247 e. The Morgan fingerprint density at radius 2 is 1.93 bits per heavy atom. The molecule has 0 atom stereocenters. The molecule has 86 valence electrons. The molecule has 0 N–H and O–H groups in total. The van der Waals surface area contributed by atoms with Gasteiger partial charge in [0.2, 0.25) is 0 Å². The highest BCUT2D eigenvalue weighted by molar-refractivity contribution is 5.33. The van der Waals surface area contributed by atoms with Crippen molar-refractivity contribution in [1.82, 2.24) is 0 Å². The van der Waals surface area contributed by atoms with Crippen LogP contribution in [0.15, 0.2) is 35.5 Å². The van der Waals surface area contributed by atoms with E-state index in [-0.39, 0.29) is 5.41 Å². The van der Waals surface area contributed by atoms with E-state index in [1.165, 1.54) is 11.1 Å². The summed E-state index contributed by atoms with van der Waals surface area (Å²) < 4.78 is 12.1. The van der Waals surface area contributed by atoms with Crippen LogP contribution in [0.25, 0.3) is 0 Å². The number of allylic oxidation sites excluding steroid dienone is 6. The van der Waals surface area contributed by atoms with E-state index in [0.717, 1.165) is 6.42 Å². The average Bonchev–Trinajstić information content (AvgIpc) is 2.19. The van der Waals surface area contributed by atoms with Crippen molar-refractivity contribution >= 4 is 0 Å². The van der Waals surface area contributed by atoms with E-state index in [9.17, 15) is 4.39 Å². The van der Waals surface area contributed by atoms with Crippen molar-refractivity contribution in [3.05, 3.63) is 35.5 Å². The first-order chi connectivity index (χ1) is 7.00. The number of halogens is 1. The molecular formula is C14H23F. The Labute approximate surface area is 93.6 Å². The molecule has 0 spiro atoms. The maximum atomic E-state index is 12.1. The normalized spacial score (nSPS) is 15.1. The minimum atomic E-state index is -0.399. The zero-order chi connectivity index (χ0) is 11.9. The first kappa shape index (κ1) is 14.2. The quantitative estimate of drug-likeness (QED) is 0.450. The highest BCUT2D eigenvalue weighted by Crippen LogP contribution is 2.35. The van der Waals surface area contributed by atoms with Gasteiger partial charge in [-0.15, -0.1) is 0 Å². The van der Waals surface area contributed by atoms with Crippen LogP contribution in [-0.4, -0.2) is 6.67 Å². The van der Waals surface area contributed by atoms with Crippen LogP contribution in [0, 0.1) is 5.41 Å². The van der Waals surface area contributed by atoms with Crippen LogP contribution in [-0.2, 0) is 0 Å². The zero-order valence-corrected chi connectivity index (χ0v) is 10.6. The number of hydrogen-bond acceptors (Lipinski definition) is 0. The Balaban J connectivity index is 4.98. The molecule has 0 radical (unpaired) electrons. The Hall–Kier alpha value is -0.850. The van der Waals surface area contributed by atoms with Crippen molar-refractivity contribution < 1.29 is 4.39 Å². The number of hydrogen-bond donors (Lipinski definition) is 0. The van der Waals surface area contributed by atoms with Gasteiger partial charge in [-0.1, -0.05) is 50.6 Å². The summed E-state index contributed by atoms with van der Waals surface area (Å²) in [5.41, 5.74) is 2.50. The standard InChI is InChI=1S/C14H23F/c1-6-9-12(3)14(4,5)13(7-2)10-8-11-15/h7-10H,6,11H2,1-5H3/b10-8-,12-9+,13-7+. The molecule has 0 aromatic heterocycles. The molecule has 0 rings (SSSR count). The first-order valence-corrected chi connectivity index (χ1v) is 5.57. The molecular weight excluding hydrogens is 187 g/mol. The van der Waals surface area contributed by atoms with Crippen molar-refractivity contribution in [2.75, 3.05) is 6.67 Å². The molecule has 0 aliphatic heterocycles. The molecule has 0 aliphatic carbocycles. The van der Waals surface area contributed by atoms with E-state index in [0.29, 0.717) is 0 Å². The molecule has 0 nitrogen and oxygen atoms in total. The van der Waals surface area contributed by atoms with Crippen LogP contribution in [0.5, 0.6) is 0 Å². The predicted octanol–water partition coefficient (Wildman–Crippen LogP) is 4.84. The fourth-order valence-electron chi connectivity index (χ4n) is 1.63. The van der Waals surface area contributed by atoms with Crippen molar-refractivity contribution in [3.8, 4) is 0 Å². The van der Waals surface area contributed by atoms with E-state index in [1.54, 1.807) is 6.08 Å². The summed E-state index contributed by atoms with van der Waals surface area (Å²) in [6, 6.07) is 0. The smallest absolute Gasteiger partial charge is 0.108 e. The molecule has 0 aromatic rings. The van der Waals surface area contributed by atoms with E-state index in [1.807, 2.05) is 13.0 Å². The third-order valence-electron chi connectivity index (χ3n) is 2.92. The van der Waals surface area contributed by atoms with Gasteiger partial charge in [0.1, 0.15) is 6.67 Å². The van der Waals surface area contributed by atoms with Crippen molar-refractivity contribution in [1.29, 1.82) is 0 Å². The molecule has 0 saturated carbocycles. The predicted molar refractivity (Wildman–Crippen MR) is 66.7 cm³/mol. The van der Waals surface area contributed by atoms with Crippen LogP contribution in [0.1, 0.15) is 41.0 Å². The van der Waals surface area contributed by atoms with Crippen LogP contribution in [0.4, 0.5) is 4.39 Å². The monoisotopic (exact) mass is 210 g/mol. The average molecular weight is 210 g/mol. The van der Waals surface area contributed by atoms with Crippen molar-refractivity contribution in [2.24, 2.45) is 5.41 Å². The second kappa shape index (κ2) is 6.60. The maximum Gasteiger partial charge on any atom is 0.108 e. The molecule has 0 saturated heterocycles. The van der Waals surface area contributed by atoms with Gasteiger partial charge in [-0.2, -0.15) is 0 Å². The topological polar surface area (TPSA) is 0 Å². The van der Waals surface area contributed by atoms with Gasteiger partial charge in [-0.25, -0.2) is 4.39 Å². The van der Waals surface area contributed by atoms with Gasteiger partial charge in [0.25, 0.3) is 0 Å². The SMILES string of the molecule is C/C=C(\C=C/CF)C(C)(C)/C(C)=C/CC. The van der Waals surface area contributed by atoms with Crippen LogP contribution in [0.2, 0.25) is 0 Å². The van der Waals surface area contributed by atoms with Gasteiger partial charge in [0.05, 0.1) is 0 Å². The van der Waals surface area contributed by atoms with Gasteiger partial charge < -0.3 is 0 Å². The number of alkyl halides is 1. The van der Waals surface area contributed by atoms with E-state index >= 15 is 0 Å². The Kier molecular flexibility index (Phi) is 6.23.